The molecular formula is C26H22N2O5S. The highest BCUT2D eigenvalue weighted by molar-refractivity contribution is 7.98. The van der Waals surface area contributed by atoms with E-state index >= 15 is 0 Å². The predicted molar refractivity (Wildman–Crippen MR) is 130 cm³/mol. The van der Waals surface area contributed by atoms with Crippen molar-refractivity contribution in [1.82, 2.24) is 9.55 Å². The molecule has 4 aromatic rings. The van der Waals surface area contributed by atoms with Crippen LogP contribution in [0.15, 0.2) is 70.6 Å². The van der Waals surface area contributed by atoms with E-state index in [1.165, 1.54) is 18.7 Å². The average Bonchev–Trinajstić information content (AvgIpc) is 3.32. The zero-order valence-electron chi connectivity index (χ0n) is 18.7. The first-order valence-electron chi connectivity index (χ1n) is 10.7. The maximum atomic E-state index is 13.4. The lowest BCUT2D eigenvalue weighted by Gasteiger charge is -2.15. The molecule has 0 amide bonds. The van der Waals surface area contributed by atoms with Crippen molar-refractivity contribution in [1.29, 1.82) is 0 Å². The predicted octanol–water partition coefficient (Wildman–Crippen LogP) is 4.68. The molecule has 172 valence electrons. The smallest absolute Gasteiger partial charge is 0.262 e. The van der Waals surface area contributed by atoms with Gasteiger partial charge in [0.2, 0.25) is 6.79 Å². The third kappa shape index (κ3) is 4.24. The van der Waals surface area contributed by atoms with E-state index in [0.717, 1.165) is 11.1 Å². The Balaban J connectivity index is 1.53. The van der Waals surface area contributed by atoms with Crippen LogP contribution in [0.4, 0.5) is 0 Å². The Kier molecular flexibility index (Phi) is 5.98. The van der Waals surface area contributed by atoms with Crippen LogP contribution >= 0.6 is 11.8 Å². The molecular weight excluding hydrogens is 452 g/mol. The van der Waals surface area contributed by atoms with Gasteiger partial charge in [-0.05, 0) is 55.0 Å². The van der Waals surface area contributed by atoms with E-state index in [0.29, 0.717) is 51.2 Å². The number of hydrogen-bond donors (Lipinski definition) is 0. The van der Waals surface area contributed by atoms with Crippen LogP contribution in [-0.2, 0) is 12.3 Å². The lowest BCUT2D eigenvalue weighted by atomic mass is 10.1. The van der Waals surface area contributed by atoms with Gasteiger partial charge in [-0.1, -0.05) is 30.0 Å². The number of hydrogen-bond acceptors (Lipinski definition) is 7. The maximum Gasteiger partial charge on any atom is 0.262 e. The molecule has 0 bridgehead atoms. The summed E-state index contributed by atoms with van der Waals surface area (Å²) in [4.78, 5) is 30.1. The number of ketones is 1. The highest BCUT2D eigenvalue weighted by Crippen LogP contribution is 2.33. The van der Waals surface area contributed by atoms with Crippen LogP contribution in [-0.4, -0.2) is 29.2 Å². The normalized spacial score (nSPS) is 12.2. The van der Waals surface area contributed by atoms with Gasteiger partial charge in [0, 0.05) is 16.9 Å². The Hall–Kier alpha value is -3.78. The van der Waals surface area contributed by atoms with Gasteiger partial charge in [-0.25, -0.2) is 4.98 Å². The molecule has 1 aliphatic rings. The minimum Gasteiger partial charge on any atom is -0.496 e. The summed E-state index contributed by atoms with van der Waals surface area (Å²) in [6.07, 6.45) is 0. The van der Waals surface area contributed by atoms with Crippen LogP contribution < -0.4 is 19.8 Å². The fourth-order valence-electron chi connectivity index (χ4n) is 3.87. The number of benzene rings is 3. The number of rotatable bonds is 7. The van der Waals surface area contributed by atoms with Crippen LogP contribution in [0.1, 0.15) is 28.4 Å². The van der Waals surface area contributed by atoms with Crippen molar-refractivity contribution in [2.75, 3.05) is 13.9 Å². The average molecular weight is 475 g/mol. The van der Waals surface area contributed by atoms with E-state index in [1.54, 1.807) is 29.9 Å². The fourth-order valence-corrected chi connectivity index (χ4v) is 4.85. The number of Topliss-reactive ketones (excluding diaryl/α,β-unsaturated/α-hetero) is 1. The number of methoxy groups -OCH3 is 1. The number of nitrogens with zero attached hydrogens (tertiary/aromatic N) is 2. The van der Waals surface area contributed by atoms with Crippen LogP contribution in [0, 0.1) is 0 Å². The van der Waals surface area contributed by atoms with E-state index in [1.807, 2.05) is 42.5 Å². The summed E-state index contributed by atoms with van der Waals surface area (Å²) in [5.41, 5.74) is 2.90. The Morgan fingerprint density at radius 2 is 1.91 bits per heavy atom. The summed E-state index contributed by atoms with van der Waals surface area (Å²) in [6, 6.07) is 18.3. The molecule has 7 nitrogen and oxygen atoms in total. The molecule has 5 rings (SSSR count). The number of ether oxygens (including phenoxy) is 3. The number of carbonyl (C=O) groups is 1. The van der Waals surface area contributed by atoms with Crippen molar-refractivity contribution in [3.8, 4) is 17.2 Å². The molecule has 8 heteroatoms. The van der Waals surface area contributed by atoms with Crippen molar-refractivity contribution < 1.29 is 19.0 Å². The van der Waals surface area contributed by atoms with E-state index in [4.69, 9.17) is 19.2 Å². The minimum absolute atomic E-state index is 0.0163. The van der Waals surface area contributed by atoms with E-state index in [9.17, 15) is 9.59 Å². The van der Waals surface area contributed by atoms with Crippen molar-refractivity contribution in [2.45, 2.75) is 24.4 Å². The van der Waals surface area contributed by atoms with Crippen LogP contribution in [0.25, 0.3) is 10.9 Å². The topological polar surface area (TPSA) is 79.7 Å². The monoisotopic (exact) mass is 474 g/mol. The molecule has 3 aromatic carbocycles. The first-order chi connectivity index (χ1) is 16.5. The zero-order valence-corrected chi connectivity index (χ0v) is 19.6. The molecule has 0 saturated heterocycles. The molecule has 2 heterocycles. The van der Waals surface area contributed by atoms with Gasteiger partial charge in [0.25, 0.3) is 5.56 Å². The van der Waals surface area contributed by atoms with Gasteiger partial charge in [-0.2, -0.15) is 0 Å². The van der Waals surface area contributed by atoms with Gasteiger partial charge in [0.1, 0.15) is 5.75 Å². The molecule has 0 fully saturated rings. The second-order valence-corrected chi connectivity index (χ2v) is 8.80. The van der Waals surface area contributed by atoms with Crippen molar-refractivity contribution >= 4 is 28.4 Å². The first kappa shape index (κ1) is 22.0. The highest BCUT2D eigenvalue weighted by Gasteiger charge is 2.17. The van der Waals surface area contributed by atoms with Gasteiger partial charge in [0.15, 0.2) is 22.4 Å². The second kappa shape index (κ2) is 9.23. The van der Waals surface area contributed by atoms with Gasteiger partial charge in [-0.15, -0.1) is 0 Å². The Morgan fingerprint density at radius 1 is 1.09 bits per heavy atom. The largest absolute Gasteiger partial charge is 0.496 e. The first-order valence-corrected chi connectivity index (χ1v) is 11.7. The Morgan fingerprint density at radius 3 is 2.74 bits per heavy atom. The standard InChI is InChI=1S/C26H22N2O5S/c1-16(29)18-8-10-22(31-2)19(12-18)14-34-26-27-21-6-4-3-5-20(21)25(30)28(26)13-17-7-9-23-24(11-17)33-15-32-23/h3-12H,13-15H2,1-2H3. The van der Waals surface area contributed by atoms with E-state index in [2.05, 4.69) is 0 Å². The minimum atomic E-state index is -0.116. The Bertz CT molecular complexity index is 1460. The zero-order chi connectivity index (χ0) is 23.7. The van der Waals surface area contributed by atoms with Crippen molar-refractivity contribution in [2.24, 2.45) is 0 Å². The molecule has 0 radical (unpaired) electrons. The molecule has 0 unspecified atom stereocenters. The van der Waals surface area contributed by atoms with E-state index in [-0.39, 0.29) is 18.1 Å². The van der Waals surface area contributed by atoms with Gasteiger partial charge >= 0.3 is 0 Å². The van der Waals surface area contributed by atoms with Crippen LogP contribution in [0.2, 0.25) is 0 Å². The lowest BCUT2D eigenvalue weighted by Crippen LogP contribution is -2.24. The molecule has 0 spiro atoms. The fraction of sp³-hybridized carbons (Fsp3) is 0.192. The number of carbonyl (C=O) groups excluding carboxylic acids is 1. The molecule has 0 saturated carbocycles. The SMILES string of the molecule is COc1ccc(C(C)=O)cc1CSc1nc2ccccc2c(=O)n1Cc1ccc2c(c1)OCO2. The summed E-state index contributed by atoms with van der Waals surface area (Å²) in [5.74, 6) is 2.51. The number of thioether (sulfide) groups is 1. The van der Waals surface area contributed by atoms with Crippen molar-refractivity contribution in [3.63, 3.8) is 0 Å². The molecule has 1 aromatic heterocycles. The molecule has 0 N–H and O–H groups in total. The van der Waals surface area contributed by atoms with Gasteiger partial charge in [0.05, 0.1) is 24.6 Å². The summed E-state index contributed by atoms with van der Waals surface area (Å²) >= 11 is 1.43. The van der Waals surface area contributed by atoms with Gasteiger partial charge in [-0.3, -0.25) is 14.2 Å². The lowest BCUT2D eigenvalue weighted by molar-refractivity contribution is 0.101. The third-order valence-corrected chi connectivity index (χ3v) is 6.67. The van der Waals surface area contributed by atoms with Crippen LogP contribution in [0.3, 0.4) is 0 Å². The second-order valence-electron chi connectivity index (χ2n) is 7.86. The third-order valence-electron chi connectivity index (χ3n) is 5.65. The summed E-state index contributed by atoms with van der Waals surface area (Å²) in [6.45, 7) is 2.06. The summed E-state index contributed by atoms with van der Waals surface area (Å²) in [5, 5.41) is 1.14. The van der Waals surface area contributed by atoms with Gasteiger partial charge < -0.3 is 14.2 Å². The maximum absolute atomic E-state index is 13.4. The summed E-state index contributed by atoms with van der Waals surface area (Å²) < 4.78 is 18.1. The molecule has 0 atom stereocenters. The molecule has 0 aliphatic carbocycles. The number of para-hydroxylation sites is 1. The van der Waals surface area contributed by atoms with E-state index < -0.39 is 0 Å². The Labute approximate surface area is 200 Å². The number of aromatic nitrogens is 2. The van der Waals surface area contributed by atoms with Crippen LogP contribution in [0.5, 0.6) is 17.2 Å². The quantitative estimate of drug-likeness (QED) is 0.219. The molecule has 1 aliphatic heterocycles. The number of fused-ring (bicyclic) bond motifs is 2. The summed E-state index contributed by atoms with van der Waals surface area (Å²) in [7, 11) is 1.60. The van der Waals surface area contributed by atoms with Crippen molar-refractivity contribution in [3.05, 3.63) is 87.7 Å². The highest BCUT2D eigenvalue weighted by atomic mass is 32.2. The molecule has 34 heavy (non-hydrogen) atoms.